The number of rotatable bonds is 5. The van der Waals surface area contributed by atoms with Gasteiger partial charge in [0, 0.05) is 35.2 Å². The third kappa shape index (κ3) is 3.59. The Morgan fingerprint density at radius 1 is 1.21 bits per heavy atom. The zero-order valence-corrected chi connectivity index (χ0v) is 16.2. The molecule has 0 aliphatic heterocycles. The molecule has 1 aromatic heterocycles. The second-order valence-electron chi connectivity index (χ2n) is 7.58. The van der Waals surface area contributed by atoms with E-state index in [0.29, 0.717) is 5.69 Å². The standard InChI is InChI=1S/C22H26N4O2/c1-14-7-2-4-9-17(14)24-18-10-6-11-19(16(18)13-23)25-22(27)21-15-8-3-5-12-20(15)28-26-21/h2,4,7,9,13,19,23-24H,3,5-6,8,10-12H2,1H3,(H,25,27). The topological polar surface area (TPSA) is 91.0 Å². The molecule has 4 rings (SSSR count). The first-order valence-electron chi connectivity index (χ1n) is 10.0. The summed E-state index contributed by atoms with van der Waals surface area (Å²) in [6.07, 6.45) is 7.85. The fourth-order valence-electron chi connectivity index (χ4n) is 4.13. The van der Waals surface area contributed by atoms with E-state index in [2.05, 4.69) is 28.8 Å². The molecule has 0 saturated heterocycles. The number of aryl methyl sites for hydroxylation is 2. The number of nitrogens with one attached hydrogen (secondary N) is 3. The number of anilines is 1. The normalized spacial score (nSPS) is 19.1. The number of nitrogens with zero attached hydrogens (tertiary/aromatic N) is 1. The molecule has 2 aromatic rings. The number of carbonyl (C=O) groups is 1. The maximum Gasteiger partial charge on any atom is 0.274 e. The molecule has 2 aliphatic rings. The second kappa shape index (κ2) is 8.00. The van der Waals surface area contributed by atoms with E-state index in [-0.39, 0.29) is 11.9 Å². The van der Waals surface area contributed by atoms with E-state index in [4.69, 9.17) is 9.93 Å². The lowest BCUT2D eigenvalue weighted by molar-refractivity contribution is 0.0930. The third-order valence-corrected chi connectivity index (χ3v) is 5.70. The zero-order chi connectivity index (χ0) is 19.5. The smallest absolute Gasteiger partial charge is 0.274 e. The van der Waals surface area contributed by atoms with Crippen molar-refractivity contribution in [3.63, 3.8) is 0 Å². The fourth-order valence-corrected chi connectivity index (χ4v) is 4.13. The van der Waals surface area contributed by atoms with Crippen molar-refractivity contribution in [1.29, 1.82) is 5.41 Å². The number of benzene rings is 1. The maximum atomic E-state index is 12.9. The molecule has 0 bridgehead atoms. The van der Waals surface area contributed by atoms with Crippen molar-refractivity contribution in [2.45, 2.75) is 57.9 Å². The van der Waals surface area contributed by atoms with Crippen LogP contribution in [-0.4, -0.2) is 23.3 Å². The number of allylic oxidation sites excluding steroid dienone is 1. The van der Waals surface area contributed by atoms with Gasteiger partial charge in [-0.15, -0.1) is 0 Å². The van der Waals surface area contributed by atoms with Crippen molar-refractivity contribution >= 4 is 17.8 Å². The average molecular weight is 378 g/mol. The monoisotopic (exact) mass is 378 g/mol. The average Bonchev–Trinajstić information content (AvgIpc) is 3.14. The summed E-state index contributed by atoms with van der Waals surface area (Å²) in [7, 11) is 0. The highest BCUT2D eigenvalue weighted by Gasteiger charge is 2.28. The minimum Gasteiger partial charge on any atom is -0.360 e. The molecule has 28 heavy (non-hydrogen) atoms. The highest BCUT2D eigenvalue weighted by molar-refractivity contribution is 5.95. The predicted molar refractivity (Wildman–Crippen MR) is 109 cm³/mol. The largest absolute Gasteiger partial charge is 0.360 e. The maximum absolute atomic E-state index is 12.9. The molecule has 6 heteroatoms. The molecule has 1 heterocycles. The molecule has 2 aliphatic carbocycles. The minimum atomic E-state index is -0.201. The van der Waals surface area contributed by atoms with E-state index in [0.717, 1.165) is 78.8 Å². The van der Waals surface area contributed by atoms with E-state index in [1.165, 1.54) is 6.21 Å². The van der Waals surface area contributed by atoms with Gasteiger partial charge in [-0.25, -0.2) is 0 Å². The van der Waals surface area contributed by atoms with Gasteiger partial charge in [0.25, 0.3) is 5.91 Å². The van der Waals surface area contributed by atoms with Crippen molar-refractivity contribution in [3.8, 4) is 0 Å². The molecule has 6 nitrogen and oxygen atoms in total. The SMILES string of the molecule is Cc1ccccc1NC1=C(C=N)C(NC(=O)c2noc3c2CCCC3)CCC1. The number of carbonyl (C=O) groups excluding carboxylic acids is 1. The van der Waals surface area contributed by atoms with Crippen LogP contribution in [0.1, 0.15) is 59.5 Å². The Bertz CT molecular complexity index is 928. The number of amides is 1. The van der Waals surface area contributed by atoms with Gasteiger partial charge in [0.05, 0.1) is 6.04 Å². The van der Waals surface area contributed by atoms with E-state index >= 15 is 0 Å². The Morgan fingerprint density at radius 3 is 2.86 bits per heavy atom. The van der Waals surface area contributed by atoms with Crippen LogP contribution in [0.25, 0.3) is 0 Å². The van der Waals surface area contributed by atoms with Crippen molar-refractivity contribution in [2.75, 3.05) is 5.32 Å². The van der Waals surface area contributed by atoms with E-state index in [1.54, 1.807) is 0 Å². The number of hydrogen-bond donors (Lipinski definition) is 3. The van der Waals surface area contributed by atoms with Gasteiger partial charge in [0.15, 0.2) is 5.69 Å². The Labute approximate surface area is 164 Å². The highest BCUT2D eigenvalue weighted by Crippen LogP contribution is 2.28. The van der Waals surface area contributed by atoms with Crippen LogP contribution in [0.2, 0.25) is 0 Å². The van der Waals surface area contributed by atoms with Crippen LogP contribution in [-0.2, 0) is 12.8 Å². The molecule has 1 amide bonds. The molecule has 0 fully saturated rings. The zero-order valence-electron chi connectivity index (χ0n) is 16.2. The van der Waals surface area contributed by atoms with Crippen molar-refractivity contribution in [3.05, 3.63) is 58.1 Å². The molecule has 0 saturated carbocycles. The minimum absolute atomic E-state index is 0.193. The van der Waals surface area contributed by atoms with Crippen LogP contribution in [0, 0.1) is 12.3 Å². The first-order valence-corrected chi connectivity index (χ1v) is 10.0. The summed E-state index contributed by atoms with van der Waals surface area (Å²) in [5.74, 6) is 0.651. The van der Waals surface area contributed by atoms with Gasteiger partial charge in [-0.3, -0.25) is 4.79 Å². The van der Waals surface area contributed by atoms with Crippen molar-refractivity contribution < 1.29 is 9.32 Å². The van der Waals surface area contributed by atoms with E-state index in [1.807, 2.05) is 18.2 Å². The first kappa shape index (κ1) is 18.5. The summed E-state index contributed by atoms with van der Waals surface area (Å²) in [5, 5.41) is 18.5. The van der Waals surface area contributed by atoms with Gasteiger partial charge in [-0.05, 0) is 57.1 Å². The predicted octanol–water partition coefficient (Wildman–Crippen LogP) is 4.16. The Morgan fingerprint density at radius 2 is 2.04 bits per heavy atom. The summed E-state index contributed by atoms with van der Waals surface area (Å²) in [6, 6.07) is 7.91. The summed E-state index contributed by atoms with van der Waals surface area (Å²) in [6.45, 7) is 2.06. The van der Waals surface area contributed by atoms with Gasteiger partial charge >= 0.3 is 0 Å². The van der Waals surface area contributed by atoms with Crippen LogP contribution in [0.4, 0.5) is 5.69 Å². The molecule has 3 N–H and O–H groups in total. The van der Waals surface area contributed by atoms with Crippen molar-refractivity contribution in [1.82, 2.24) is 10.5 Å². The molecule has 1 atom stereocenters. The first-order chi connectivity index (χ1) is 13.7. The Balaban J connectivity index is 1.55. The van der Waals surface area contributed by atoms with Gasteiger partial charge in [-0.1, -0.05) is 23.4 Å². The summed E-state index contributed by atoms with van der Waals surface area (Å²) >= 11 is 0. The van der Waals surface area contributed by atoms with E-state index < -0.39 is 0 Å². The number of aromatic nitrogens is 1. The van der Waals surface area contributed by atoms with E-state index in [9.17, 15) is 4.79 Å². The molecular weight excluding hydrogens is 352 g/mol. The molecule has 1 unspecified atom stereocenters. The van der Waals surface area contributed by atoms with Crippen LogP contribution in [0.3, 0.4) is 0 Å². The summed E-state index contributed by atoms with van der Waals surface area (Å²) in [4.78, 5) is 12.9. The molecular formula is C22H26N4O2. The highest BCUT2D eigenvalue weighted by atomic mass is 16.5. The summed E-state index contributed by atoms with van der Waals surface area (Å²) in [5.41, 5.74) is 5.40. The Kier molecular flexibility index (Phi) is 5.28. The van der Waals surface area contributed by atoms with Crippen LogP contribution >= 0.6 is 0 Å². The third-order valence-electron chi connectivity index (χ3n) is 5.70. The van der Waals surface area contributed by atoms with Gasteiger partial charge < -0.3 is 20.6 Å². The van der Waals surface area contributed by atoms with Gasteiger partial charge in [0.2, 0.25) is 0 Å². The second-order valence-corrected chi connectivity index (χ2v) is 7.58. The molecule has 0 radical (unpaired) electrons. The molecule has 146 valence electrons. The van der Waals surface area contributed by atoms with Crippen LogP contribution in [0.15, 0.2) is 40.1 Å². The number of para-hydroxylation sites is 1. The number of hydrogen-bond acceptors (Lipinski definition) is 5. The lowest BCUT2D eigenvalue weighted by atomic mass is 9.91. The summed E-state index contributed by atoms with van der Waals surface area (Å²) < 4.78 is 5.38. The van der Waals surface area contributed by atoms with Gasteiger partial charge in [0.1, 0.15) is 5.76 Å². The fraction of sp³-hybridized carbons (Fsp3) is 0.409. The lowest BCUT2D eigenvalue weighted by Crippen LogP contribution is -2.40. The molecule has 0 spiro atoms. The van der Waals surface area contributed by atoms with Gasteiger partial charge in [-0.2, -0.15) is 0 Å². The quantitative estimate of drug-likeness (QED) is 0.681. The van der Waals surface area contributed by atoms with Crippen LogP contribution < -0.4 is 10.6 Å². The Hall–Kier alpha value is -2.89. The van der Waals surface area contributed by atoms with Crippen molar-refractivity contribution in [2.24, 2.45) is 0 Å². The number of fused-ring (bicyclic) bond motifs is 1. The van der Waals surface area contributed by atoms with Crippen LogP contribution in [0.5, 0.6) is 0 Å². The molecule has 1 aromatic carbocycles. The lowest BCUT2D eigenvalue weighted by Gasteiger charge is -2.28.